The summed E-state index contributed by atoms with van der Waals surface area (Å²) in [6, 6.07) is 6.24. The molecule has 1 aromatic heterocycles. The first-order valence-corrected chi connectivity index (χ1v) is 7.44. The lowest BCUT2D eigenvalue weighted by Crippen LogP contribution is -2.30. The predicted octanol–water partition coefficient (Wildman–Crippen LogP) is 2.01. The fourth-order valence-electron chi connectivity index (χ4n) is 2.97. The quantitative estimate of drug-likeness (QED) is 0.895. The topological polar surface area (TPSA) is 40.3 Å². The van der Waals surface area contributed by atoms with Crippen LogP contribution in [-0.4, -0.2) is 49.7 Å². The summed E-state index contributed by atoms with van der Waals surface area (Å²) in [6.07, 6.45) is 4.47. The van der Waals surface area contributed by atoms with Crippen LogP contribution in [0, 0.1) is 0 Å². The summed E-state index contributed by atoms with van der Waals surface area (Å²) in [7, 11) is 1.72. The zero-order chi connectivity index (χ0) is 13.8. The Balaban J connectivity index is 1.71. The Kier molecular flexibility index (Phi) is 4.23. The van der Waals surface area contributed by atoms with E-state index in [1.54, 1.807) is 7.11 Å². The van der Waals surface area contributed by atoms with Gasteiger partial charge in [-0.05, 0) is 37.6 Å². The molecule has 0 unspecified atom stereocenters. The summed E-state index contributed by atoms with van der Waals surface area (Å²) in [5.74, 6) is 0.924. The maximum absolute atomic E-state index is 5.40. The number of benzene rings is 1. The molecule has 1 aromatic carbocycles. The SMILES string of the molecule is COc1cccc2c(CCN3CCCNCC3)c[nH]c12. The van der Waals surface area contributed by atoms with Crippen molar-refractivity contribution in [2.45, 2.75) is 12.8 Å². The maximum atomic E-state index is 5.40. The normalized spacial score (nSPS) is 17.2. The minimum Gasteiger partial charge on any atom is -0.495 e. The van der Waals surface area contributed by atoms with Gasteiger partial charge in [0.2, 0.25) is 0 Å². The first-order valence-electron chi connectivity index (χ1n) is 7.44. The lowest BCUT2D eigenvalue weighted by atomic mass is 10.1. The third kappa shape index (κ3) is 2.81. The summed E-state index contributed by atoms with van der Waals surface area (Å²) in [6.45, 7) is 5.76. The van der Waals surface area contributed by atoms with E-state index in [-0.39, 0.29) is 0 Å². The zero-order valence-electron chi connectivity index (χ0n) is 12.1. The second-order valence-corrected chi connectivity index (χ2v) is 5.39. The number of rotatable bonds is 4. The van der Waals surface area contributed by atoms with E-state index in [0.29, 0.717) is 0 Å². The van der Waals surface area contributed by atoms with Crippen LogP contribution in [0.5, 0.6) is 5.75 Å². The highest BCUT2D eigenvalue weighted by atomic mass is 16.5. The molecule has 0 saturated carbocycles. The number of para-hydroxylation sites is 1. The number of hydrogen-bond donors (Lipinski definition) is 2. The van der Waals surface area contributed by atoms with Gasteiger partial charge < -0.3 is 19.9 Å². The van der Waals surface area contributed by atoms with Crippen molar-refractivity contribution in [3.8, 4) is 5.75 Å². The molecule has 4 nitrogen and oxygen atoms in total. The molecule has 1 aliphatic rings. The van der Waals surface area contributed by atoms with E-state index in [9.17, 15) is 0 Å². The van der Waals surface area contributed by atoms with Crippen molar-refractivity contribution in [2.75, 3.05) is 39.8 Å². The summed E-state index contributed by atoms with van der Waals surface area (Å²) in [5.41, 5.74) is 2.50. The molecule has 1 saturated heterocycles. The summed E-state index contributed by atoms with van der Waals surface area (Å²) >= 11 is 0. The Hall–Kier alpha value is -1.52. The van der Waals surface area contributed by atoms with Crippen molar-refractivity contribution in [3.63, 3.8) is 0 Å². The van der Waals surface area contributed by atoms with Gasteiger partial charge in [-0.1, -0.05) is 12.1 Å². The molecule has 1 aliphatic heterocycles. The molecule has 0 bridgehead atoms. The van der Waals surface area contributed by atoms with Crippen molar-refractivity contribution < 1.29 is 4.74 Å². The fourth-order valence-corrected chi connectivity index (χ4v) is 2.97. The van der Waals surface area contributed by atoms with Gasteiger partial charge in [0.05, 0.1) is 12.6 Å². The lowest BCUT2D eigenvalue weighted by molar-refractivity contribution is 0.296. The van der Waals surface area contributed by atoms with Gasteiger partial charge >= 0.3 is 0 Å². The minimum atomic E-state index is 0.924. The van der Waals surface area contributed by atoms with E-state index in [1.165, 1.54) is 23.9 Å². The highest BCUT2D eigenvalue weighted by Crippen LogP contribution is 2.27. The monoisotopic (exact) mass is 273 g/mol. The van der Waals surface area contributed by atoms with E-state index in [0.717, 1.165) is 43.9 Å². The average Bonchev–Trinajstić information content (AvgIpc) is 2.72. The smallest absolute Gasteiger partial charge is 0.142 e. The van der Waals surface area contributed by atoms with Crippen LogP contribution >= 0.6 is 0 Å². The summed E-state index contributed by atoms with van der Waals surface area (Å²) in [5, 5.41) is 4.74. The molecule has 0 aliphatic carbocycles. The highest BCUT2D eigenvalue weighted by Gasteiger charge is 2.11. The highest BCUT2D eigenvalue weighted by molar-refractivity contribution is 5.88. The van der Waals surface area contributed by atoms with E-state index in [1.807, 2.05) is 6.07 Å². The molecule has 2 heterocycles. The Morgan fingerprint density at radius 2 is 2.20 bits per heavy atom. The average molecular weight is 273 g/mol. The first-order chi connectivity index (χ1) is 9.88. The number of nitrogens with one attached hydrogen (secondary N) is 2. The van der Waals surface area contributed by atoms with E-state index in [4.69, 9.17) is 4.74 Å². The molecule has 3 rings (SSSR count). The predicted molar refractivity (Wildman–Crippen MR) is 82.5 cm³/mol. The third-order valence-electron chi connectivity index (χ3n) is 4.11. The largest absolute Gasteiger partial charge is 0.495 e. The summed E-state index contributed by atoms with van der Waals surface area (Å²) in [4.78, 5) is 5.91. The van der Waals surface area contributed by atoms with Crippen LogP contribution in [0.2, 0.25) is 0 Å². The molecular formula is C16H23N3O. The third-order valence-corrected chi connectivity index (χ3v) is 4.11. The van der Waals surface area contributed by atoms with Crippen LogP contribution in [0.3, 0.4) is 0 Å². The number of nitrogens with zero attached hydrogens (tertiary/aromatic N) is 1. The van der Waals surface area contributed by atoms with Crippen molar-refractivity contribution >= 4 is 10.9 Å². The molecule has 0 radical (unpaired) electrons. The number of methoxy groups -OCH3 is 1. The second-order valence-electron chi connectivity index (χ2n) is 5.39. The van der Waals surface area contributed by atoms with E-state index < -0.39 is 0 Å². The van der Waals surface area contributed by atoms with Crippen LogP contribution in [0.25, 0.3) is 10.9 Å². The van der Waals surface area contributed by atoms with Gasteiger partial charge in [-0.2, -0.15) is 0 Å². The summed E-state index contributed by atoms with van der Waals surface area (Å²) < 4.78 is 5.40. The molecular weight excluding hydrogens is 250 g/mol. The van der Waals surface area contributed by atoms with E-state index >= 15 is 0 Å². The fraction of sp³-hybridized carbons (Fsp3) is 0.500. The molecule has 0 amide bonds. The van der Waals surface area contributed by atoms with Gasteiger partial charge in [-0.3, -0.25) is 0 Å². The zero-order valence-corrected chi connectivity index (χ0v) is 12.1. The van der Waals surface area contributed by atoms with E-state index in [2.05, 4.69) is 33.5 Å². The standard InChI is InChI=1S/C16H23N3O/c1-20-15-5-2-4-14-13(12-18-16(14)15)6-10-19-9-3-7-17-8-11-19/h2,4-5,12,17-18H,3,6-11H2,1H3. The number of fused-ring (bicyclic) bond motifs is 1. The van der Waals surface area contributed by atoms with Crippen LogP contribution in [0.15, 0.2) is 24.4 Å². The van der Waals surface area contributed by atoms with Crippen molar-refractivity contribution in [1.82, 2.24) is 15.2 Å². The van der Waals surface area contributed by atoms with Gasteiger partial charge in [-0.25, -0.2) is 0 Å². The lowest BCUT2D eigenvalue weighted by Gasteiger charge is -2.18. The van der Waals surface area contributed by atoms with Crippen molar-refractivity contribution in [3.05, 3.63) is 30.0 Å². The van der Waals surface area contributed by atoms with Gasteiger partial charge in [-0.15, -0.1) is 0 Å². The van der Waals surface area contributed by atoms with Gasteiger partial charge in [0.15, 0.2) is 0 Å². The van der Waals surface area contributed by atoms with Crippen LogP contribution in [-0.2, 0) is 6.42 Å². The molecule has 0 atom stereocenters. The van der Waals surface area contributed by atoms with Gasteiger partial charge in [0.25, 0.3) is 0 Å². The molecule has 20 heavy (non-hydrogen) atoms. The Bertz CT molecular complexity index is 556. The molecule has 4 heteroatoms. The Morgan fingerprint density at radius 3 is 3.10 bits per heavy atom. The minimum absolute atomic E-state index is 0.924. The number of aromatic nitrogens is 1. The van der Waals surface area contributed by atoms with Crippen LogP contribution < -0.4 is 10.1 Å². The molecule has 2 N–H and O–H groups in total. The van der Waals surface area contributed by atoms with Gasteiger partial charge in [0.1, 0.15) is 5.75 Å². The number of aromatic amines is 1. The van der Waals surface area contributed by atoms with Crippen LogP contribution in [0.4, 0.5) is 0 Å². The number of hydrogen-bond acceptors (Lipinski definition) is 3. The molecule has 1 fully saturated rings. The number of H-pyrrole nitrogens is 1. The number of ether oxygens (including phenoxy) is 1. The molecule has 2 aromatic rings. The Labute approximate surface area is 120 Å². The molecule has 108 valence electrons. The van der Waals surface area contributed by atoms with Crippen LogP contribution in [0.1, 0.15) is 12.0 Å². The maximum Gasteiger partial charge on any atom is 0.142 e. The van der Waals surface area contributed by atoms with Gasteiger partial charge in [0, 0.05) is 31.2 Å². The van der Waals surface area contributed by atoms with Crippen molar-refractivity contribution in [2.24, 2.45) is 0 Å². The first kappa shape index (κ1) is 13.5. The van der Waals surface area contributed by atoms with Crippen molar-refractivity contribution in [1.29, 1.82) is 0 Å². The second kappa shape index (κ2) is 6.29. The Morgan fingerprint density at radius 1 is 1.25 bits per heavy atom. The molecule has 0 spiro atoms.